The Hall–Kier alpha value is -1.69. The molecule has 1 aliphatic heterocycles. The number of hydrogen-bond donors (Lipinski definition) is 1. The Balaban J connectivity index is 1.91. The lowest BCUT2D eigenvalue weighted by atomic mass is 10.2. The molecule has 2 rings (SSSR count). The first kappa shape index (κ1) is 14.7. The molecule has 1 heterocycles. The fourth-order valence-corrected chi connectivity index (χ4v) is 2.35. The third-order valence-electron chi connectivity index (χ3n) is 3.07. The Morgan fingerprint density at radius 2 is 1.80 bits per heavy atom. The van der Waals surface area contributed by atoms with Crippen molar-refractivity contribution in [3.8, 4) is 0 Å². The molecule has 20 heavy (non-hydrogen) atoms. The van der Waals surface area contributed by atoms with Crippen LogP contribution in [0, 0.1) is 11.6 Å². The maximum absolute atomic E-state index is 13.0. The molecule has 6 heteroatoms. The second-order valence-corrected chi connectivity index (χ2v) is 5.10. The molecular weight excluding hydrogens is 266 g/mol. The van der Waals surface area contributed by atoms with Crippen molar-refractivity contribution in [3.63, 3.8) is 0 Å². The minimum atomic E-state index is -0.650. The van der Waals surface area contributed by atoms with Gasteiger partial charge in [0.2, 0.25) is 0 Å². The minimum absolute atomic E-state index is 0.0175. The average Bonchev–Trinajstić information content (AvgIpc) is 2.33. The zero-order valence-electron chi connectivity index (χ0n) is 11.5. The molecule has 1 N–H and O–H groups in total. The lowest BCUT2D eigenvalue weighted by Gasteiger charge is -2.35. The minimum Gasteiger partial charge on any atom is -0.372 e. The highest BCUT2D eigenvalue weighted by Crippen LogP contribution is 2.11. The van der Waals surface area contributed by atoms with Crippen LogP contribution in [0.5, 0.6) is 0 Å². The molecule has 0 aromatic heterocycles. The van der Waals surface area contributed by atoms with Gasteiger partial charge in [-0.1, -0.05) is 0 Å². The molecule has 0 saturated carbocycles. The van der Waals surface area contributed by atoms with Gasteiger partial charge in [0, 0.05) is 25.7 Å². The smallest absolute Gasteiger partial charge is 0.317 e. The first-order valence-corrected chi connectivity index (χ1v) is 6.57. The van der Waals surface area contributed by atoms with Crippen molar-refractivity contribution in [2.75, 3.05) is 13.1 Å². The van der Waals surface area contributed by atoms with E-state index >= 15 is 0 Å². The van der Waals surface area contributed by atoms with Gasteiger partial charge < -0.3 is 15.0 Å². The summed E-state index contributed by atoms with van der Waals surface area (Å²) in [5.74, 6) is -1.30. The number of amides is 2. The van der Waals surface area contributed by atoms with Crippen LogP contribution in [0.3, 0.4) is 0 Å². The summed E-state index contributed by atoms with van der Waals surface area (Å²) in [6.45, 7) is 4.91. The van der Waals surface area contributed by atoms with Crippen molar-refractivity contribution in [3.05, 3.63) is 35.4 Å². The number of urea groups is 1. The molecule has 1 fully saturated rings. The zero-order chi connectivity index (χ0) is 14.7. The molecule has 0 bridgehead atoms. The number of carbonyl (C=O) groups is 1. The summed E-state index contributed by atoms with van der Waals surface area (Å²) in [6.07, 6.45) is -0.0350. The average molecular weight is 284 g/mol. The van der Waals surface area contributed by atoms with Crippen molar-refractivity contribution in [2.45, 2.75) is 32.6 Å². The van der Waals surface area contributed by atoms with Gasteiger partial charge in [0.05, 0.1) is 12.2 Å². The number of nitrogens with one attached hydrogen (secondary N) is 1. The normalized spacial score (nSPS) is 22.7. The van der Waals surface area contributed by atoms with Gasteiger partial charge in [0.25, 0.3) is 0 Å². The molecule has 1 aromatic carbocycles. The van der Waals surface area contributed by atoms with Crippen LogP contribution in [0.15, 0.2) is 18.2 Å². The van der Waals surface area contributed by atoms with Crippen LogP contribution in [0.1, 0.15) is 19.4 Å². The van der Waals surface area contributed by atoms with Crippen molar-refractivity contribution in [1.82, 2.24) is 10.2 Å². The molecule has 0 unspecified atom stereocenters. The van der Waals surface area contributed by atoms with Gasteiger partial charge in [-0.25, -0.2) is 13.6 Å². The summed E-state index contributed by atoms with van der Waals surface area (Å²) in [5, 5.41) is 2.66. The predicted octanol–water partition coefficient (Wildman–Crippen LogP) is 2.28. The first-order chi connectivity index (χ1) is 9.44. The number of carbonyl (C=O) groups excluding carboxylic acids is 1. The van der Waals surface area contributed by atoms with Gasteiger partial charge in [-0.15, -0.1) is 0 Å². The Morgan fingerprint density at radius 1 is 1.25 bits per heavy atom. The summed E-state index contributed by atoms with van der Waals surface area (Å²) < 4.78 is 31.6. The lowest BCUT2D eigenvalue weighted by molar-refractivity contribution is -0.0545. The fourth-order valence-electron chi connectivity index (χ4n) is 2.35. The molecule has 2 atom stereocenters. The highest BCUT2D eigenvalue weighted by atomic mass is 19.1. The number of morpholine rings is 1. The van der Waals surface area contributed by atoms with E-state index in [2.05, 4.69) is 5.32 Å². The maximum atomic E-state index is 13.0. The van der Waals surface area contributed by atoms with E-state index in [1.165, 1.54) is 12.1 Å². The number of halogens is 2. The topological polar surface area (TPSA) is 41.6 Å². The SMILES string of the molecule is C[C@H]1CN(C(=O)NCc2cc(F)cc(F)c2)C[C@H](C)O1. The summed E-state index contributed by atoms with van der Waals surface area (Å²) >= 11 is 0. The van der Waals surface area contributed by atoms with Crippen molar-refractivity contribution in [2.24, 2.45) is 0 Å². The van der Waals surface area contributed by atoms with Crippen molar-refractivity contribution >= 4 is 6.03 Å². The van der Waals surface area contributed by atoms with Crippen LogP contribution in [-0.4, -0.2) is 36.2 Å². The first-order valence-electron chi connectivity index (χ1n) is 6.57. The van der Waals surface area contributed by atoms with Crippen LogP contribution in [0.4, 0.5) is 13.6 Å². The Labute approximate surface area is 116 Å². The fraction of sp³-hybridized carbons (Fsp3) is 0.500. The highest BCUT2D eigenvalue weighted by Gasteiger charge is 2.25. The van der Waals surface area contributed by atoms with E-state index in [9.17, 15) is 13.6 Å². The molecule has 1 saturated heterocycles. The van der Waals surface area contributed by atoms with Gasteiger partial charge in [-0.3, -0.25) is 0 Å². The molecule has 110 valence electrons. The highest BCUT2D eigenvalue weighted by molar-refractivity contribution is 5.74. The molecule has 0 radical (unpaired) electrons. The van der Waals surface area contributed by atoms with Crippen molar-refractivity contribution < 1.29 is 18.3 Å². The van der Waals surface area contributed by atoms with Gasteiger partial charge >= 0.3 is 6.03 Å². The van der Waals surface area contributed by atoms with E-state index in [1.807, 2.05) is 13.8 Å². The van der Waals surface area contributed by atoms with E-state index in [0.29, 0.717) is 18.7 Å². The summed E-state index contributed by atoms with van der Waals surface area (Å²) in [7, 11) is 0. The van der Waals surface area contributed by atoms with E-state index in [1.54, 1.807) is 4.90 Å². The summed E-state index contributed by atoms with van der Waals surface area (Å²) in [6, 6.07) is 2.95. The number of nitrogens with zero attached hydrogens (tertiary/aromatic N) is 1. The number of ether oxygens (including phenoxy) is 1. The third-order valence-corrected chi connectivity index (χ3v) is 3.07. The third kappa shape index (κ3) is 3.90. The molecule has 0 spiro atoms. The molecule has 2 amide bonds. The largest absolute Gasteiger partial charge is 0.372 e. The van der Waals surface area contributed by atoms with E-state index < -0.39 is 11.6 Å². The van der Waals surface area contributed by atoms with E-state index in [0.717, 1.165) is 6.07 Å². The molecule has 4 nitrogen and oxygen atoms in total. The maximum Gasteiger partial charge on any atom is 0.317 e. The van der Waals surface area contributed by atoms with Gasteiger partial charge in [-0.05, 0) is 31.5 Å². The lowest BCUT2D eigenvalue weighted by Crippen LogP contribution is -2.51. The zero-order valence-corrected chi connectivity index (χ0v) is 11.5. The van der Waals surface area contributed by atoms with Crippen LogP contribution >= 0.6 is 0 Å². The van der Waals surface area contributed by atoms with Crippen LogP contribution < -0.4 is 5.32 Å². The Morgan fingerprint density at radius 3 is 2.35 bits per heavy atom. The van der Waals surface area contributed by atoms with E-state index in [-0.39, 0.29) is 24.8 Å². The second kappa shape index (κ2) is 6.17. The van der Waals surface area contributed by atoms with Crippen LogP contribution in [-0.2, 0) is 11.3 Å². The molecule has 1 aromatic rings. The monoisotopic (exact) mass is 284 g/mol. The van der Waals surface area contributed by atoms with Crippen molar-refractivity contribution in [1.29, 1.82) is 0 Å². The Kier molecular flexibility index (Phi) is 4.54. The predicted molar refractivity (Wildman–Crippen MR) is 70.2 cm³/mol. The number of rotatable bonds is 2. The van der Waals surface area contributed by atoms with Crippen LogP contribution in [0.2, 0.25) is 0 Å². The number of hydrogen-bond acceptors (Lipinski definition) is 2. The Bertz CT molecular complexity index is 466. The second-order valence-electron chi connectivity index (χ2n) is 5.10. The molecule has 1 aliphatic rings. The van der Waals surface area contributed by atoms with Gasteiger partial charge in [-0.2, -0.15) is 0 Å². The summed E-state index contributed by atoms with van der Waals surface area (Å²) in [5.41, 5.74) is 0.394. The molecule has 0 aliphatic carbocycles. The standard InChI is InChI=1S/C14H18F2N2O2/c1-9-7-18(8-10(2)20-9)14(19)17-6-11-3-12(15)5-13(16)4-11/h3-5,9-10H,6-8H2,1-2H3,(H,17,19)/t9-,10-/m0/s1. The number of benzene rings is 1. The molecular formula is C14H18F2N2O2. The van der Waals surface area contributed by atoms with Gasteiger partial charge in [0.1, 0.15) is 11.6 Å². The van der Waals surface area contributed by atoms with Crippen LogP contribution in [0.25, 0.3) is 0 Å². The van der Waals surface area contributed by atoms with Gasteiger partial charge in [0.15, 0.2) is 0 Å². The summed E-state index contributed by atoms with van der Waals surface area (Å²) in [4.78, 5) is 13.7. The quantitative estimate of drug-likeness (QED) is 0.905. The van der Waals surface area contributed by atoms with E-state index in [4.69, 9.17) is 4.74 Å².